The van der Waals surface area contributed by atoms with Gasteiger partial charge < -0.3 is 15.6 Å². The van der Waals surface area contributed by atoms with Crippen molar-refractivity contribution in [3.63, 3.8) is 0 Å². The molecule has 5 heteroatoms. The van der Waals surface area contributed by atoms with Crippen molar-refractivity contribution in [3.05, 3.63) is 0 Å². The molecular formula is C9H15NO4. The smallest absolute Gasteiger partial charge is 0.308 e. The van der Waals surface area contributed by atoms with E-state index in [2.05, 4.69) is 4.74 Å². The van der Waals surface area contributed by atoms with Crippen LogP contribution in [0.2, 0.25) is 0 Å². The highest BCUT2D eigenvalue weighted by molar-refractivity contribution is 5.75. The minimum atomic E-state index is -0.881. The predicted octanol–water partition coefficient (Wildman–Crippen LogP) is -0.0124. The number of carboxylic acid groups (broad SMARTS) is 1. The van der Waals surface area contributed by atoms with E-state index in [0.29, 0.717) is 19.3 Å². The van der Waals surface area contributed by atoms with Crippen LogP contribution in [0.4, 0.5) is 0 Å². The van der Waals surface area contributed by atoms with Crippen LogP contribution in [-0.4, -0.2) is 30.2 Å². The summed E-state index contributed by atoms with van der Waals surface area (Å²) in [5.41, 5.74) is 5.67. The first-order chi connectivity index (χ1) is 6.54. The van der Waals surface area contributed by atoms with E-state index >= 15 is 0 Å². The molecule has 3 N–H and O–H groups in total. The van der Waals surface area contributed by atoms with Gasteiger partial charge in [-0.15, -0.1) is 0 Å². The third kappa shape index (κ3) is 2.45. The van der Waals surface area contributed by atoms with Crippen LogP contribution in [0.25, 0.3) is 0 Å². The van der Waals surface area contributed by atoms with Crippen molar-refractivity contribution >= 4 is 11.9 Å². The van der Waals surface area contributed by atoms with Gasteiger partial charge in [0, 0.05) is 6.04 Å². The summed E-state index contributed by atoms with van der Waals surface area (Å²) in [6, 6.07) is -0.214. The fraction of sp³-hybridized carbons (Fsp3) is 0.778. The van der Waals surface area contributed by atoms with Gasteiger partial charge in [-0.3, -0.25) is 9.59 Å². The van der Waals surface area contributed by atoms with Crippen LogP contribution in [0.15, 0.2) is 0 Å². The molecule has 80 valence electrons. The first kappa shape index (κ1) is 11.0. The Bertz CT molecular complexity index is 241. The quantitative estimate of drug-likeness (QED) is 0.613. The number of esters is 1. The Balaban J connectivity index is 2.62. The van der Waals surface area contributed by atoms with Gasteiger partial charge in [-0.1, -0.05) is 0 Å². The highest BCUT2D eigenvalue weighted by Crippen LogP contribution is 2.29. The monoisotopic (exact) mass is 201 g/mol. The lowest BCUT2D eigenvalue weighted by atomic mass is 9.79. The highest BCUT2D eigenvalue weighted by Gasteiger charge is 2.35. The van der Waals surface area contributed by atoms with E-state index in [4.69, 9.17) is 10.8 Å². The molecule has 0 spiro atoms. The van der Waals surface area contributed by atoms with Gasteiger partial charge in [-0.2, -0.15) is 0 Å². The summed E-state index contributed by atoms with van der Waals surface area (Å²) in [7, 11) is 1.30. The van der Waals surface area contributed by atoms with E-state index in [1.807, 2.05) is 0 Å². The molecule has 5 nitrogen and oxygen atoms in total. The summed E-state index contributed by atoms with van der Waals surface area (Å²) in [5.74, 6) is -2.10. The molecule has 1 saturated carbocycles. The normalized spacial score (nSPS) is 32.3. The van der Waals surface area contributed by atoms with Gasteiger partial charge in [0.2, 0.25) is 0 Å². The third-order valence-corrected chi connectivity index (χ3v) is 2.63. The maximum Gasteiger partial charge on any atom is 0.308 e. The molecule has 14 heavy (non-hydrogen) atoms. The Kier molecular flexibility index (Phi) is 3.46. The molecule has 0 heterocycles. The third-order valence-electron chi connectivity index (χ3n) is 2.63. The topological polar surface area (TPSA) is 89.6 Å². The zero-order valence-corrected chi connectivity index (χ0v) is 8.10. The average Bonchev–Trinajstić information content (AvgIpc) is 2.15. The van der Waals surface area contributed by atoms with Gasteiger partial charge >= 0.3 is 11.9 Å². The predicted molar refractivity (Wildman–Crippen MR) is 48.5 cm³/mol. The lowest BCUT2D eigenvalue weighted by molar-refractivity contribution is -0.150. The lowest BCUT2D eigenvalue weighted by Gasteiger charge is -2.29. The van der Waals surface area contributed by atoms with Crippen LogP contribution >= 0.6 is 0 Å². The van der Waals surface area contributed by atoms with Crippen LogP contribution in [0.5, 0.6) is 0 Å². The summed E-state index contributed by atoms with van der Waals surface area (Å²) in [5, 5.41) is 8.82. The minimum absolute atomic E-state index is 0.214. The molecule has 3 unspecified atom stereocenters. The highest BCUT2D eigenvalue weighted by atomic mass is 16.5. The fourth-order valence-corrected chi connectivity index (χ4v) is 1.92. The second-order valence-electron chi connectivity index (χ2n) is 3.72. The second kappa shape index (κ2) is 4.41. The molecule has 1 aliphatic carbocycles. The summed E-state index contributed by atoms with van der Waals surface area (Å²) < 4.78 is 4.58. The maximum atomic E-state index is 11.2. The van der Waals surface area contributed by atoms with Crippen molar-refractivity contribution in [1.29, 1.82) is 0 Å². The molecule has 0 amide bonds. The van der Waals surface area contributed by atoms with E-state index in [-0.39, 0.29) is 17.9 Å². The first-order valence-corrected chi connectivity index (χ1v) is 4.60. The summed E-state index contributed by atoms with van der Waals surface area (Å²) in [4.78, 5) is 22.0. The Morgan fingerprint density at radius 1 is 1.29 bits per heavy atom. The van der Waals surface area contributed by atoms with Crippen LogP contribution in [-0.2, 0) is 14.3 Å². The number of carboxylic acids is 1. The number of methoxy groups -OCH3 is 1. The molecule has 0 aromatic carbocycles. The number of hydrogen-bond acceptors (Lipinski definition) is 4. The Morgan fingerprint density at radius 3 is 2.36 bits per heavy atom. The molecule has 1 rings (SSSR count). The van der Waals surface area contributed by atoms with Crippen molar-refractivity contribution in [1.82, 2.24) is 0 Å². The average molecular weight is 201 g/mol. The molecular weight excluding hydrogens is 186 g/mol. The van der Waals surface area contributed by atoms with Crippen molar-refractivity contribution in [2.45, 2.75) is 25.3 Å². The first-order valence-electron chi connectivity index (χ1n) is 4.60. The van der Waals surface area contributed by atoms with Gasteiger partial charge in [0.15, 0.2) is 0 Å². The molecule has 0 aliphatic heterocycles. The van der Waals surface area contributed by atoms with Crippen LogP contribution in [0.1, 0.15) is 19.3 Å². The van der Waals surface area contributed by atoms with Crippen LogP contribution in [0, 0.1) is 11.8 Å². The van der Waals surface area contributed by atoms with E-state index in [0.717, 1.165) is 0 Å². The van der Waals surface area contributed by atoms with Crippen molar-refractivity contribution in [2.75, 3.05) is 7.11 Å². The molecule has 0 radical (unpaired) electrons. The van der Waals surface area contributed by atoms with Gasteiger partial charge in [0.05, 0.1) is 18.9 Å². The summed E-state index contributed by atoms with van der Waals surface area (Å²) in [6.45, 7) is 0. The van der Waals surface area contributed by atoms with Crippen LogP contribution < -0.4 is 5.73 Å². The maximum absolute atomic E-state index is 11.2. The molecule has 3 atom stereocenters. The largest absolute Gasteiger partial charge is 0.481 e. The minimum Gasteiger partial charge on any atom is -0.481 e. The zero-order chi connectivity index (χ0) is 10.7. The summed E-state index contributed by atoms with van der Waals surface area (Å²) >= 11 is 0. The van der Waals surface area contributed by atoms with Gasteiger partial charge in [0.1, 0.15) is 0 Å². The molecule has 0 bridgehead atoms. The van der Waals surface area contributed by atoms with Gasteiger partial charge in [0.25, 0.3) is 0 Å². The van der Waals surface area contributed by atoms with E-state index in [1.165, 1.54) is 7.11 Å². The standard InChI is InChI=1S/C9H15NO4/c1-14-9(13)6-2-5(8(11)12)3-7(10)4-6/h5-7H,2-4,10H2,1H3,(H,11,12). The number of nitrogens with two attached hydrogens (primary N) is 1. The number of hydrogen-bond donors (Lipinski definition) is 2. The molecule has 0 aromatic heterocycles. The number of rotatable bonds is 2. The second-order valence-corrected chi connectivity index (χ2v) is 3.72. The van der Waals surface area contributed by atoms with Gasteiger partial charge in [-0.25, -0.2) is 0 Å². The molecule has 0 saturated heterocycles. The Morgan fingerprint density at radius 2 is 1.86 bits per heavy atom. The summed E-state index contributed by atoms with van der Waals surface area (Å²) in [6.07, 6.45) is 1.31. The van der Waals surface area contributed by atoms with Crippen molar-refractivity contribution in [2.24, 2.45) is 17.6 Å². The Hall–Kier alpha value is -1.10. The number of carbonyl (C=O) groups excluding carboxylic acids is 1. The number of ether oxygens (including phenoxy) is 1. The van der Waals surface area contributed by atoms with Gasteiger partial charge in [-0.05, 0) is 19.3 Å². The van der Waals surface area contributed by atoms with E-state index < -0.39 is 11.9 Å². The van der Waals surface area contributed by atoms with Crippen LogP contribution in [0.3, 0.4) is 0 Å². The zero-order valence-electron chi connectivity index (χ0n) is 8.10. The van der Waals surface area contributed by atoms with Crippen molar-refractivity contribution in [3.8, 4) is 0 Å². The Labute approximate surface area is 82.2 Å². The molecule has 0 aromatic rings. The van der Waals surface area contributed by atoms with E-state index in [1.54, 1.807) is 0 Å². The SMILES string of the molecule is COC(=O)C1CC(N)CC(C(=O)O)C1. The fourth-order valence-electron chi connectivity index (χ4n) is 1.92. The molecule has 1 aliphatic rings. The van der Waals surface area contributed by atoms with E-state index in [9.17, 15) is 9.59 Å². The van der Waals surface area contributed by atoms with Crippen molar-refractivity contribution < 1.29 is 19.4 Å². The number of carbonyl (C=O) groups is 2. The lowest BCUT2D eigenvalue weighted by Crippen LogP contribution is -2.38. The number of aliphatic carboxylic acids is 1. The molecule has 1 fully saturated rings.